The van der Waals surface area contributed by atoms with E-state index >= 15 is 0 Å². The number of hydrogen-bond acceptors (Lipinski definition) is 7. The van der Waals surface area contributed by atoms with Gasteiger partial charge in [0.15, 0.2) is 5.84 Å². The van der Waals surface area contributed by atoms with Crippen LogP contribution in [-0.2, 0) is 12.3 Å². The first-order valence-corrected chi connectivity index (χ1v) is 10.6. The molecule has 2 N–H and O–H groups in total. The summed E-state index contributed by atoms with van der Waals surface area (Å²) in [5.41, 5.74) is 0.503. The molecule has 0 saturated heterocycles. The average molecular weight is 439 g/mol. The van der Waals surface area contributed by atoms with E-state index in [0.717, 1.165) is 18.1 Å². The van der Waals surface area contributed by atoms with Crippen molar-refractivity contribution in [3.8, 4) is 0 Å². The number of aliphatic imine (C=N–C) groups is 1. The highest BCUT2D eigenvalue weighted by molar-refractivity contribution is 7.98. The molecule has 1 aromatic carbocycles. The van der Waals surface area contributed by atoms with Gasteiger partial charge in [-0.3, -0.25) is 15.1 Å². The maximum Gasteiger partial charge on any atom is 0.259 e. The third-order valence-corrected chi connectivity index (χ3v) is 4.98. The SMILES string of the molecule is CN(C)Cc1ccc(CSCCNC(C[N+](=O)[O-])=NCC(O)c2ccc(F)cc2)o1. The molecule has 0 saturated carbocycles. The number of nitro groups is 1. The molecule has 10 heteroatoms. The van der Waals surface area contributed by atoms with Crippen LogP contribution in [0.1, 0.15) is 23.2 Å². The lowest BCUT2D eigenvalue weighted by Crippen LogP contribution is -2.32. The average Bonchev–Trinajstić information content (AvgIpc) is 3.12. The Hall–Kier alpha value is -2.43. The number of rotatable bonds is 12. The van der Waals surface area contributed by atoms with Crippen LogP contribution < -0.4 is 5.32 Å². The van der Waals surface area contributed by atoms with Gasteiger partial charge in [0.2, 0.25) is 0 Å². The second kappa shape index (κ2) is 12.3. The zero-order chi connectivity index (χ0) is 21.9. The Balaban J connectivity index is 1.77. The minimum absolute atomic E-state index is 0.0456. The zero-order valence-corrected chi connectivity index (χ0v) is 17.9. The third-order valence-electron chi connectivity index (χ3n) is 4.00. The molecule has 0 radical (unpaired) electrons. The normalized spacial score (nSPS) is 12.9. The molecule has 1 aromatic heterocycles. The summed E-state index contributed by atoms with van der Waals surface area (Å²) in [5.74, 6) is 3.02. The number of amidine groups is 1. The van der Waals surface area contributed by atoms with Gasteiger partial charge in [0, 0.05) is 17.2 Å². The Kier molecular flexibility index (Phi) is 9.78. The van der Waals surface area contributed by atoms with Gasteiger partial charge < -0.3 is 19.7 Å². The summed E-state index contributed by atoms with van der Waals surface area (Å²) in [6.45, 7) is 0.745. The summed E-state index contributed by atoms with van der Waals surface area (Å²) in [6, 6.07) is 9.34. The molecule has 0 aliphatic heterocycles. The molecule has 0 fully saturated rings. The predicted octanol–water partition coefficient (Wildman–Crippen LogP) is 2.71. The summed E-state index contributed by atoms with van der Waals surface area (Å²) in [7, 11) is 3.96. The van der Waals surface area contributed by atoms with Crippen LogP contribution in [0.4, 0.5) is 4.39 Å². The highest BCUT2D eigenvalue weighted by Crippen LogP contribution is 2.16. The second-order valence-electron chi connectivity index (χ2n) is 6.93. The van der Waals surface area contributed by atoms with Gasteiger partial charge in [0.05, 0.1) is 24.9 Å². The van der Waals surface area contributed by atoms with Crippen LogP contribution in [0.15, 0.2) is 45.8 Å². The highest BCUT2D eigenvalue weighted by Gasteiger charge is 2.11. The maximum atomic E-state index is 13.0. The van der Waals surface area contributed by atoms with Crippen molar-refractivity contribution in [1.29, 1.82) is 0 Å². The smallest absolute Gasteiger partial charge is 0.259 e. The first kappa shape index (κ1) is 23.8. The van der Waals surface area contributed by atoms with E-state index < -0.39 is 23.4 Å². The van der Waals surface area contributed by atoms with Crippen LogP contribution in [0, 0.1) is 15.9 Å². The van der Waals surface area contributed by atoms with Crippen molar-refractivity contribution in [2.24, 2.45) is 4.99 Å². The fraction of sp³-hybridized carbons (Fsp3) is 0.450. The van der Waals surface area contributed by atoms with Crippen LogP contribution in [0.2, 0.25) is 0 Å². The van der Waals surface area contributed by atoms with Crippen LogP contribution in [0.3, 0.4) is 0 Å². The Labute approximate surface area is 179 Å². The Morgan fingerprint density at radius 3 is 2.67 bits per heavy atom. The lowest BCUT2D eigenvalue weighted by molar-refractivity contribution is -0.463. The number of aliphatic hydroxyl groups excluding tert-OH is 1. The van der Waals surface area contributed by atoms with E-state index in [9.17, 15) is 19.6 Å². The van der Waals surface area contributed by atoms with E-state index in [2.05, 4.69) is 10.3 Å². The van der Waals surface area contributed by atoms with Crippen molar-refractivity contribution in [3.63, 3.8) is 0 Å². The summed E-state index contributed by atoms with van der Waals surface area (Å²) in [5, 5.41) is 24.0. The zero-order valence-electron chi connectivity index (χ0n) is 17.1. The summed E-state index contributed by atoms with van der Waals surface area (Å²) >= 11 is 1.64. The molecule has 1 unspecified atom stereocenters. The molecule has 0 amide bonds. The lowest BCUT2D eigenvalue weighted by Gasteiger charge is -2.10. The van der Waals surface area contributed by atoms with Gasteiger partial charge >= 0.3 is 0 Å². The second-order valence-corrected chi connectivity index (χ2v) is 8.04. The standard InChI is InChI=1S/C20H27FN4O4S/c1-24(2)12-17-7-8-18(29-17)14-30-10-9-22-20(13-25(27)28)23-11-19(26)15-3-5-16(21)6-4-15/h3-8,19,26H,9-14H2,1-2H3,(H,22,23). The molecule has 1 heterocycles. The van der Waals surface area contributed by atoms with Gasteiger partial charge in [-0.25, -0.2) is 4.39 Å². The van der Waals surface area contributed by atoms with E-state index in [-0.39, 0.29) is 12.4 Å². The number of thioether (sulfide) groups is 1. The van der Waals surface area contributed by atoms with Gasteiger partial charge in [0.1, 0.15) is 17.3 Å². The van der Waals surface area contributed by atoms with E-state index in [1.54, 1.807) is 11.8 Å². The van der Waals surface area contributed by atoms with Crippen molar-refractivity contribution in [1.82, 2.24) is 10.2 Å². The van der Waals surface area contributed by atoms with Gasteiger partial charge in [-0.2, -0.15) is 11.8 Å². The van der Waals surface area contributed by atoms with Crippen molar-refractivity contribution in [2.75, 3.05) is 39.5 Å². The number of furan rings is 1. The Morgan fingerprint density at radius 1 is 1.30 bits per heavy atom. The topological polar surface area (TPSA) is 104 Å². The van der Waals surface area contributed by atoms with Crippen LogP contribution >= 0.6 is 11.8 Å². The van der Waals surface area contributed by atoms with Crippen molar-refractivity contribution in [3.05, 3.63) is 69.4 Å². The van der Waals surface area contributed by atoms with Crippen LogP contribution in [-0.4, -0.2) is 60.2 Å². The van der Waals surface area contributed by atoms with Crippen molar-refractivity contribution in [2.45, 2.75) is 18.4 Å². The van der Waals surface area contributed by atoms with E-state index in [1.807, 2.05) is 31.1 Å². The predicted molar refractivity (Wildman–Crippen MR) is 116 cm³/mol. The monoisotopic (exact) mass is 438 g/mol. The molecule has 0 spiro atoms. The number of nitrogens with zero attached hydrogens (tertiary/aromatic N) is 3. The Bertz CT molecular complexity index is 826. The number of aliphatic hydroxyl groups is 1. The molecule has 2 rings (SSSR count). The van der Waals surface area contributed by atoms with Gasteiger partial charge in [-0.05, 0) is 43.9 Å². The fourth-order valence-corrected chi connectivity index (χ4v) is 3.35. The number of hydrogen-bond donors (Lipinski definition) is 2. The molecule has 1 atom stereocenters. The molecule has 2 aromatic rings. The minimum atomic E-state index is -0.959. The quantitative estimate of drug-likeness (QED) is 0.173. The van der Waals surface area contributed by atoms with Crippen molar-refractivity contribution >= 4 is 17.6 Å². The van der Waals surface area contributed by atoms with Gasteiger partial charge in [0.25, 0.3) is 6.54 Å². The first-order valence-electron chi connectivity index (χ1n) is 9.46. The number of nitrogens with one attached hydrogen (secondary N) is 1. The van der Waals surface area contributed by atoms with E-state index in [4.69, 9.17) is 4.42 Å². The van der Waals surface area contributed by atoms with Crippen LogP contribution in [0.5, 0.6) is 0 Å². The molecule has 8 nitrogen and oxygen atoms in total. The van der Waals surface area contributed by atoms with Crippen LogP contribution in [0.25, 0.3) is 0 Å². The van der Waals surface area contributed by atoms with E-state index in [1.165, 1.54) is 24.3 Å². The summed E-state index contributed by atoms with van der Waals surface area (Å²) in [4.78, 5) is 16.6. The molecule has 0 bridgehead atoms. The molecule has 164 valence electrons. The summed E-state index contributed by atoms with van der Waals surface area (Å²) < 4.78 is 18.7. The molecule has 0 aliphatic rings. The molecular weight excluding hydrogens is 411 g/mol. The number of halogens is 1. The maximum absolute atomic E-state index is 13.0. The van der Waals surface area contributed by atoms with Gasteiger partial charge in [-0.1, -0.05) is 12.1 Å². The van der Waals surface area contributed by atoms with Gasteiger partial charge in [-0.15, -0.1) is 0 Å². The lowest BCUT2D eigenvalue weighted by atomic mass is 10.1. The Morgan fingerprint density at radius 2 is 2.00 bits per heavy atom. The highest BCUT2D eigenvalue weighted by atomic mass is 32.2. The van der Waals surface area contributed by atoms with Crippen molar-refractivity contribution < 1.29 is 18.8 Å². The fourth-order valence-electron chi connectivity index (χ4n) is 2.61. The largest absolute Gasteiger partial charge is 0.464 e. The number of benzene rings is 1. The first-order chi connectivity index (χ1) is 14.3. The van der Waals surface area contributed by atoms with E-state index in [0.29, 0.717) is 23.6 Å². The third kappa shape index (κ3) is 8.93. The summed E-state index contributed by atoms with van der Waals surface area (Å²) in [6.07, 6.45) is -0.959. The molecule has 0 aliphatic carbocycles. The molecular formula is C20H27FN4O4S. The molecule has 30 heavy (non-hydrogen) atoms. The minimum Gasteiger partial charge on any atom is -0.464 e.